The van der Waals surface area contributed by atoms with Crippen LogP contribution >= 0.6 is 0 Å². The van der Waals surface area contributed by atoms with Crippen molar-refractivity contribution in [3.05, 3.63) is 12.4 Å². The summed E-state index contributed by atoms with van der Waals surface area (Å²) in [6.07, 6.45) is 5.55. The Labute approximate surface area is 102 Å². The maximum Gasteiger partial charge on any atom is 0.134 e. The molecule has 0 atom stereocenters. The summed E-state index contributed by atoms with van der Waals surface area (Å²) in [5.74, 6) is 2.02. The van der Waals surface area contributed by atoms with Gasteiger partial charge in [0.05, 0.1) is 0 Å². The van der Waals surface area contributed by atoms with Crippen molar-refractivity contribution in [1.82, 2.24) is 15.3 Å². The minimum atomic E-state index is 0.626. The van der Waals surface area contributed by atoms with Gasteiger partial charge in [0, 0.05) is 38.3 Å². The second-order valence-corrected chi connectivity index (χ2v) is 4.77. The minimum absolute atomic E-state index is 0.626. The number of nitrogens with one attached hydrogen (secondary N) is 2. The highest BCUT2D eigenvalue weighted by atomic mass is 15.2. The second-order valence-electron chi connectivity index (χ2n) is 4.77. The van der Waals surface area contributed by atoms with E-state index in [9.17, 15) is 0 Å². The fourth-order valence-electron chi connectivity index (χ4n) is 2.25. The zero-order valence-electron chi connectivity index (χ0n) is 10.0. The first kappa shape index (κ1) is 10.8. The van der Waals surface area contributed by atoms with E-state index < -0.39 is 0 Å². The summed E-state index contributed by atoms with van der Waals surface area (Å²) in [6.45, 7) is 4.13. The Kier molecular flexibility index (Phi) is 3.09. The molecule has 0 bridgehead atoms. The lowest BCUT2D eigenvalue weighted by atomic mass is 9.93. The Morgan fingerprint density at radius 3 is 2.76 bits per heavy atom. The van der Waals surface area contributed by atoms with Crippen LogP contribution in [-0.4, -0.2) is 42.2 Å². The second kappa shape index (κ2) is 4.87. The summed E-state index contributed by atoms with van der Waals surface area (Å²) in [5, 5.41) is 6.81. The van der Waals surface area contributed by atoms with Gasteiger partial charge in [-0.05, 0) is 19.3 Å². The molecule has 17 heavy (non-hydrogen) atoms. The summed E-state index contributed by atoms with van der Waals surface area (Å²) < 4.78 is 0. The zero-order valence-corrected chi connectivity index (χ0v) is 10.0. The number of hydrogen-bond donors (Lipinski definition) is 2. The van der Waals surface area contributed by atoms with Crippen molar-refractivity contribution in [3.8, 4) is 0 Å². The van der Waals surface area contributed by atoms with Crippen LogP contribution in [0.15, 0.2) is 12.4 Å². The molecule has 2 aliphatic rings. The van der Waals surface area contributed by atoms with Crippen molar-refractivity contribution in [2.45, 2.75) is 25.3 Å². The molecule has 1 aliphatic heterocycles. The van der Waals surface area contributed by atoms with E-state index in [4.69, 9.17) is 0 Å². The van der Waals surface area contributed by atoms with E-state index in [-0.39, 0.29) is 0 Å². The summed E-state index contributed by atoms with van der Waals surface area (Å²) in [7, 11) is 0. The maximum absolute atomic E-state index is 4.36. The predicted octanol–water partition coefficient (Wildman–Crippen LogP) is 0.851. The van der Waals surface area contributed by atoms with E-state index in [0.717, 1.165) is 37.8 Å². The van der Waals surface area contributed by atoms with Gasteiger partial charge in [-0.2, -0.15) is 0 Å². The van der Waals surface area contributed by atoms with Gasteiger partial charge in [-0.25, -0.2) is 9.97 Å². The van der Waals surface area contributed by atoms with Gasteiger partial charge < -0.3 is 15.5 Å². The van der Waals surface area contributed by atoms with Crippen molar-refractivity contribution in [2.75, 3.05) is 36.4 Å². The molecule has 0 aromatic carbocycles. The van der Waals surface area contributed by atoms with Crippen LogP contribution < -0.4 is 15.5 Å². The number of piperazine rings is 1. The van der Waals surface area contributed by atoms with Crippen LogP contribution in [0.3, 0.4) is 0 Å². The van der Waals surface area contributed by atoms with E-state index in [1.807, 2.05) is 0 Å². The fraction of sp³-hybridized carbons (Fsp3) is 0.667. The smallest absolute Gasteiger partial charge is 0.134 e. The molecule has 0 spiro atoms. The SMILES string of the molecule is c1nc(NC2CCC2)cc(N2CCNCC2)n1. The van der Waals surface area contributed by atoms with E-state index in [1.54, 1.807) is 6.33 Å². The Bertz CT molecular complexity index is 371. The lowest BCUT2D eigenvalue weighted by molar-refractivity contribution is 0.444. The van der Waals surface area contributed by atoms with E-state index >= 15 is 0 Å². The lowest BCUT2D eigenvalue weighted by Gasteiger charge is -2.30. The third-order valence-corrected chi connectivity index (χ3v) is 3.55. The van der Waals surface area contributed by atoms with Crippen LogP contribution in [0.5, 0.6) is 0 Å². The van der Waals surface area contributed by atoms with E-state index in [2.05, 4.69) is 31.6 Å². The first-order valence-corrected chi connectivity index (χ1v) is 6.46. The van der Waals surface area contributed by atoms with Crippen molar-refractivity contribution in [1.29, 1.82) is 0 Å². The van der Waals surface area contributed by atoms with Gasteiger partial charge in [0.15, 0.2) is 0 Å². The highest BCUT2D eigenvalue weighted by molar-refractivity contribution is 5.49. The minimum Gasteiger partial charge on any atom is -0.367 e. The van der Waals surface area contributed by atoms with Crippen molar-refractivity contribution in [2.24, 2.45) is 0 Å². The Morgan fingerprint density at radius 2 is 2.06 bits per heavy atom. The number of hydrogen-bond acceptors (Lipinski definition) is 5. The lowest BCUT2D eigenvalue weighted by Crippen LogP contribution is -2.44. The molecule has 2 fully saturated rings. The van der Waals surface area contributed by atoms with Gasteiger partial charge in [0.2, 0.25) is 0 Å². The van der Waals surface area contributed by atoms with Crippen molar-refractivity contribution < 1.29 is 0 Å². The average molecular weight is 233 g/mol. The maximum atomic E-state index is 4.36. The fourth-order valence-corrected chi connectivity index (χ4v) is 2.25. The number of aromatic nitrogens is 2. The molecule has 0 amide bonds. The van der Waals surface area contributed by atoms with Gasteiger partial charge in [-0.15, -0.1) is 0 Å². The molecule has 0 unspecified atom stereocenters. The molecule has 0 radical (unpaired) electrons. The molecule has 1 saturated carbocycles. The standard InChI is InChI=1S/C12H19N5/c1-2-10(3-1)16-11-8-12(15-9-14-11)17-6-4-13-5-7-17/h8-10,13H,1-7H2,(H,14,15,16). The molecular formula is C12H19N5. The van der Waals surface area contributed by atoms with Gasteiger partial charge in [0.25, 0.3) is 0 Å². The highest BCUT2D eigenvalue weighted by Crippen LogP contribution is 2.23. The topological polar surface area (TPSA) is 53.1 Å². The number of anilines is 2. The van der Waals surface area contributed by atoms with Crippen molar-refractivity contribution >= 4 is 11.6 Å². The van der Waals surface area contributed by atoms with E-state index in [1.165, 1.54) is 19.3 Å². The van der Waals surface area contributed by atoms with Gasteiger partial charge in [-0.3, -0.25) is 0 Å². The normalized spacial score (nSPS) is 21.1. The van der Waals surface area contributed by atoms with Gasteiger partial charge in [-0.1, -0.05) is 0 Å². The third kappa shape index (κ3) is 2.49. The van der Waals surface area contributed by atoms with Crippen LogP contribution in [-0.2, 0) is 0 Å². The quantitative estimate of drug-likeness (QED) is 0.810. The average Bonchev–Trinajstić information content (AvgIpc) is 2.35. The molecule has 1 aromatic heterocycles. The molecule has 1 aliphatic carbocycles. The molecule has 5 heteroatoms. The van der Waals surface area contributed by atoms with Gasteiger partial charge >= 0.3 is 0 Å². The van der Waals surface area contributed by atoms with Crippen LogP contribution in [0.1, 0.15) is 19.3 Å². The zero-order chi connectivity index (χ0) is 11.5. The van der Waals surface area contributed by atoms with Crippen LogP contribution in [0, 0.1) is 0 Å². The van der Waals surface area contributed by atoms with Crippen LogP contribution in [0.2, 0.25) is 0 Å². The predicted molar refractivity (Wildman–Crippen MR) is 68.4 cm³/mol. The number of nitrogens with zero attached hydrogens (tertiary/aromatic N) is 3. The molecule has 5 nitrogen and oxygen atoms in total. The van der Waals surface area contributed by atoms with Gasteiger partial charge in [0.1, 0.15) is 18.0 Å². The Hall–Kier alpha value is -1.36. The first-order valence-electron chi connectivity index (χ1n) is 6.46. The summed E-state index contributed by atoms with van der Waals surface area (Å²) in [6, 6.07) is 2.70. The Morgan fingerprint density at radius 1 is 1.24 bits per heavy atom. The van der Waals surface area contributed by atoms with Crippen LogP contribution in [0.25, 0.3) is 0 Å². The summed E-state index contributed by atoms with van der Waals surface area (Å²) >= 11 is 0. The summed E-state index contributed by atoms with van der Waals surface area (Å²) in [5.41, 5.74) is 0. The molecule has 92 valence electrons. The highest BCUT2D eigenvalue weighted by Gasteiger charge is 2.18. The first-order chi connectivity index (χ1) is 8.42. The number of rotatable bonds is 3. The Balaban J connectivity index is 1.68. The monoisotopic (exact) mass is 233 g/mol. The van der Waals surface area contributed by atoms with E-state index in [0.29, 0.717) is 6.04 Å². The molecular weight excluding hydrogens is 214 g/mol. The molecule has 2 N–H and O–H groups in total. The molecule has 1 saturated heterocycles. The summed E-state index contributed by atoms with van der Waals surface area (Å²) in [4.78, 5) is 11.0. The van der Waals surface area contributed by atoms with Crippen LogP contribution in [0.4, 0.5) is 11.6 Å². The largest absolute Gasteiger partial charge is 0.367 e. The molecule has 1 aromatic rings. The van der Waals surface area contributed by atoms with Crippen molar-refractivity contribution in [3.63, 3.8) is 0 Å². The molecule has 3 rings (SSSR count). The third-order valence-electron chi connectivity index (χ3n) is 3.55. The molecule has 2 heterocycles.